The predicted octanol–water partition coefficient (Wildman–Crippen LogP) is 4.97. The van der Waals surface area contributed by atoms with Crippen LogP contribution in [0.2, 0.25) is 0 Å². The van der Waals surface area contributed by atoms with Crippen molar-refractivity contribution in [2.75, 3.05) is 6.61 Å². The van der Waals surface area contributed by atoms with Crippen molar-refractivity contribution in [1.82, 2.24) is 0 Å². The van der Waals surface area contributed by atoms with Crippen LogP contribution < -0.4 is 15.2 Å². The van der Waals surface area contributed by atoms with E-state index in [4.69, 9.17) is 34.2 Å². The monoisotopic (exact) mass is 559 g/mol. The van der Waals surface area contributed by atoms with Gasteiger partial charge in [0.1, 0.15) is 30.0 Å². The van der Waals surface area contributed by atoms with Gasteiger partial charge in [-0.05, 0) is 84.7 Å². The van der Waals surface area contributed by atoms with E-state index in [9.17, 15) is 19.2 Å². The van der Waals surface area contributed by atoms with Crippen LogP contribution >= 0.6 is 0 Å². The molecule has 0 amide bonds. The summed E-state index contributed by atoms with van der Waals surface area (Å²) >= 11 is 0. The molecule has 0 spiro atoms. The van der Waals surface area contributed by atoms with Crippen LogP contribution in [0, 0.1) is 0 Å². The minimum Gasteiger partial charge on any atom is -0.458 e. The van der Waals surface area contributed by atoms with Gasteiger partial charge in [0.25, 0.3) is 0 Å². The van der Waals surface area contributed by atoms with Crippen molar-refractivity contribution in [3.8, 4) is 11.5 Å². The molecule has 2 atom stereocenters. The van der Waals surface area contributed by atoms with Crippen molar-refractivity contribution in [3.05, 3.63) is 59.7 Å². The number of hydrogen-bond donors (Lipinski definition) is 1. The van der Waals surface area contributed by atoms with E-state index in [0.717, 1.165) is 0 Å². The second-order valence-corrected chi connectivity index (χ2v) is 10.9. The summed E-state index contributed by atoms with van der Waals surface area (Å²) < 4.78 is 31.4. The Morgan fingerprint density at radius 3 is 1.90 bits per heavy atom. The zero-order valence-electron chi connectivity index (χ0n) is 23.8. The fourth-order valence-corrected chi connectivity index (χ4v) is 3.07. The summed E-state index contributed by atoms with van der Waals surface area (Å²) in [5, 5.41) is 0. The molecule has 0 saturated carbocycles. The molecule has 0 fully saturated rings. The highest BCUT2D eigenvalue weighted by Gasteiger charge is 2.25. The number of esters is 2. The zero-order valence-corrected chi connectivity index (χ0v) is 23.8. The Balaban J connectivity index is 2.06. The number of nitrogens with two attached hydrogens (primary N) is 1. The summed E-state index contributed by atoms with van der Waals surface area (Å²) in [6.45, 7) is 11.4. The highest BCUT2D eigenvalue weighted by Crippen LogP contribution is 2.31. The zero-order chi connectivity index (χ0) is 30.1. The maximum absolute atomic E-state index is 12.6. The Hall–Kier alpha value is -4.12. The molecule has 0 aliphatic carbocycles. The van der Waals surface area contributed by atoms with Crippen molar-refractivity contribution < 1.29 is 47.6 Å². The molecule has 0 radical (unpaired) electrons. The smallest absolute Gasteiger partial charge is 0.458 e. The highest BCUT2D eigenvalue weighted by molar-refractivity contribution is 5.89. The molecule has 11 nitrogen and oxygen atoms in total. The van der Waals surface area contributed by atoms with E-state index in [1.54, 1.807) is 84.9 Å². The minimum atomic E-state index is -1.10. The Morgan fingerprint density at radius 1 is 0.800 bits per heavy atom. The molecule has 40 heavy (non-hydrogen) atoms. The molecule has 0 aromatic heterocycles. The number of benzene rings is 2. The van der Waals surface area contributed by atoms with Crippen molar-refractivity contribution in [3.63, 3.8) is 0 Å². The molecule has 2 aromatic rings. The summed E-state index contributed by atoms with van der Waals surface area (Å²) in [4.78, 5) is 49.1. The first-order valence-electron chi connectivity index (χ1n) is 12.7. The Labute approximate surface area is 233 Å². The second kappa shape index (κ2) is 13.8. The molecular formula is C29H37NO10. The Bertz CT molecular complexity index is 1180. The van der Waals surface area contributed by atoms with Crippen LogP contribution in [0.3, 0.4) is 0 Å². The van der Waals surface area contributed by atoms with Crippen molar-refractivity contribution in [2.45, 2.75) is 78.2 Å². The fourth-order valence-electron chi connectivity index (χ4n) is 3.07. The van der Waals surface area contributed by atoms with Crippen LogP contribution in [0.5, 0.6) is 11.5 Å². The molecule has 0 aliphatic rings. The van der Waals surface area contributed by atoms with Gasteiger partial charge in [-0.25, -0.2) is 14.4 Å². The van der Waals surface area contributed by atoms with E-state index < -0.39 is 47.6 Å². The van der Waals surface area contributed by atoms with Gasteiger partial charge in [0.2, 0.25) is 0 Å². The maximum atomic E-state index is 12.6. The number of carbonyl (C=O) groups excluding carboxylic acids is 4. The van der Waals surface area contributed by atoms with Crippen LogP contribution in [-0.4, -0.2) is 54.2 Å². The first-order chi connectivity index (χ1) is 18.5. The Kier molecular flexibility index (Phi) is 11.1. The quantitative estimate of drug-likeness (QED) is 0.252. The molecule has 0 heterocycles. The van der Waals surface area contributed by atoms with Crippen LogP contribution in [0.1, 0.15) is 64.4 Å². The number of ether oxygens (including phenoxy) is 6. The summed E-state index contributed by atoms with van der Waals surface area (Å²) in [5.41, 5.74) is 5.25. The molecule has 2 rings (SSSR count). The highest BCUT2D eigenvalue weighted by atomic mass is 16.8. The molecule has 0 bridgehead atoms. The first kappa shape index (κ1) is 32.1. The number of rotatable bonds is 9. The van der Waals surface area contributed by atoms with Crippen molar-refractivity contribution >= 4 is 24.2 Å². The summed E-state index contributed by atoms with van der Waals surface area (Å²) in [6.07, 6.45) is -2.79. The number of hydrogen-bond acceptors (Lipinski definition) is 11. The van der Waals surface area contributed by atoms with Gasteiger partial charge in [0.15, 0.2) is 11.5 Å². The summed E-state index contributed by atoms with van der Waals surface area (Å²) in [5.74, 6) is -1.51. The second-order valence-electron chi connectivity index (χ2n) is 10.9. The van der Waals surface area contributed by atoms with E-state index in [1.807, 2.05) is 0 Å². The van der Waals surface area contributed by atoms with Gasteiger partial charge < -0.3 is 34.2 Å². The fraction of sp³-hybridized carbons (Fsp3) is 0.448. The lowest BCUT2D eigenvalue weighted by Gasteiger charge is -2.21. The molecule has 218 valence electrons. The van der Waals surface area contributed by atoms with E-state index >= 15 is 0 Å². The first-order valence-corrected chi connectivity index (χ1v) is 12.7. The SMILES string of the molecule is C[C@@H](COC(=O)c1ccccc1)OC(=O)[C@@H](N)Cc1ccc(OC(=O)OC(C)(C)C)c(OC(=O)OC(C)(C)C)c1. The third kappa shape index (κ3) is 11.7. The Morgan fingerprint density at radius 2 is 1.35 bits per heavy atom. The van der Waals surface area contributed by atoms with Gasteiger partial charge in [-0.2, -0.15) is 0 Å². The van der Waals surface area contributed by atoms with E-state index in [0.29, 0.717) is 11.1 Å². The lowest BCUT2D eigenvalue weighted by molar-refractivity contribution is -0.151. The summed E-state index contributed by atoms with van der Waals surface area (Å²) in [7, 11) is 0. The molecule has 2 N–H and O–H groups in total. The van der Waals surface area contributed by atoms with Gasteiger partial charge in [-0.3, -0.25) is 4.79 Å². The minimum absolute atomic E-state index is 0.00719. The lowest BCUT2D eigenvalue weighted by atomic mass is 10.1. The van der Waals surface area contributed by atoms with Gasteiger partial charge >= 0.3 is 24.2 Å². The van der Waals surface area contributed by atoms with Crippen molar-refractivity contribution in [1.29, 1.82) is 0 Å². The predicted molar refractivity (Wildman–Crippen MR) is 144 cm³/mol. The molecule has 0 unspecified atom stereocenters. The van der Waals surface area contributed by atoms with Crippen LogP contribution in [0.4, 0.5) is 9.59 Å². The van der Waals surface area contributed by atoms with Gasteiger partial charge in [0.05, 0.1) is 5.56 Å². The lowest BCUT2D eigenvalue weighted by Crippen LogP contribution is -2.37. The van der Waals surface area contributed by atoms with Gasteiger partial charge in [0, 0.05) is 0 Å². The number of carbonyl (C=O) groups is 4. The van der Waals surface area contributed by atoms with Gasteiger partial charge in [-0.1, -0.05) is 24.3 Å². The van der Waals surface area contributed by atoms with E-state index in [-0.39, 0.29) is 24.5 Å². The van der Waals surface area contributed by atoms with E-state index in [2.05, 4.69) is 0 Å². The third-order valence-corrected chi connectivity index (χ3v) is 4.71. The maximum Gasteiger partial charge on any atom is 0.514 e. The third-order valence-electron chi connectivity index (χ3n) is 4.71. The average Bonchev–Trinajstić information content (AvgIpc) is 2.82. The molecule has 0 aliphatic heterocycles. The molecular weight excluding hydrogens is 522 g/mol. The normalized spacial score (nSPS) is 12.9. The standard InChI is InChI=1S/C29H37NO10/c1-18(17-35-24(31)20-11-9-8-10-12-20)36-25(32)21(30)15-19-13-14-22(37-26(33)39-28(2,3)4)23(16-19)38-27(34)40-29(5,6)7/h8-14,16,18,21H,15,17,30H2,1-7H3/t18-,21-/m0/s1. The molecule has 2 aromatic carbocycles. The van der Waals surface area contributed by atoms with E-state index in [1.165, 1.54) is 12.1 Å². The topological polar surface area (TPSA) is 150 Å². The van der Waals surface area contributed by atoms with Crippen LogP contribution in [0.15, 0.2) is 48.5 Å². The molecule has 0 saturated heterocycles. The summed E-state index contributed by atoms with van der Waals surface area (Å²) in [6, 6.07) is 11.6. The van der Waals surface area contributed by atoms with Gasteiger partial charge in [-0.15, -0.1) is 0 Å². The van der Waals surface area contributed by atoms with Crippen LogP contribution in [-0.2, 0) is 30.2 Å². The molecule has 11 heteroatoms. The largest absolute Gasteiger partial charge is 0.514 e. The van der Waals surface area contributed by atoms with Crippen LogP contribution in [0.25, 0.3) is 0 Å². The average molecular weight is 560 g/mol. The van der Waals surface area contributed by atoms with Crippen molar-refractivity contribution in [2.24, 2.45) is 5.73 Å².